The first-order valence-corrected chi connectivity index (χ1v) is 5.79. The van der Waals surface area contributed by atoms with Gasteiger partial charge in [0.05, 0.1) is 11.7 Å². The van der Waals surface area contributed by atoms with E-state index in [4.69, 9.17) is 14.2 Å². The molecule has 1 aromatic rings. The third kappa shape index (κ3) is 3.07. The lowest BCUT2D eigenvalue weighted by atomic mass is 10.2. The average Bonchev–Trinajstić information content (AvgIpc) is 2.77. The van der Waals surface area contributed by atoms with Crippen molar-refractivity contribution in [3.63, 3.8) is 0 Å². The molecule has 3 atom stereocenters. The lowest BCUT2D eigenvalue weighted by Crippen LogP contribution is -2.28. The number of benzene rings is 1. The molecule has 1 aromatic carbocycles. The van der Waals surface area contributed by atoms with Crippen LogP contribution in [0, 0.1) is 0 Å². The minimum Gasteiger partial charge on any atom is -0.459 e. The third-order valence-electron chi connectivity index (χ3n) is 2.84. The Balaban J connectivity index is 1.83. The maximum atomic E-state index is 11.7. The molecule has 1 aliphatic heterocycles. The number of hydrogen-bond acceptors (Lipinski definition) is 5. The SMILES string of the molecule is CO[C@@H]1CC(O)[C@@H](COC(=O)c2ccccc2)O1. The average molecular weight is 252 g/mol. The molecule has 0 bridgehead atoms. The van der Waals surface area contributed by atoms with Gasteiger partial charge in [0.2, 0.25) is 0 Å². The van der Waals surface area contributed by atoms with Gasteiger partial charge in [0.15, 0.2) is 6.29 Å². The molecule has 0 radical (unpaired) electrons. The Morgan fingerprint density at radius 3 is 2.78 bits per heavy atom. The molecular weight excluding hydrogens is 236 g/mol. The van der Waals surface area contributed by atoms with E-state index in [1.54, 1.807) is 24.3 Å². The van der Waals surface area contributed by atoms with Gasteiger partial charge < -0.3 is 19.3 Å². The normalized spacial score (nSPS) is 27.1. The number of carbonyl (C=O) groups excluding carboxylic acids is 1. The number of aliphatic hydroxyl groups excluding tert-OH is 1. The maximum Gasteiger partial charge on any atom is 0.338 e. The van der Waals surface area contributed by atoms with E-state index in [-0.39, 0.29) is 6.61 Å². The molecule has 1 heterocycles. The first-order chi connectivity index (χ1) is 8.70. The summed E-state index contributed by atoms with van der Waals surface area (Å²) in [4.78, 5) is 11.7. The highest BCUT2D eigenvalue weighted by atomic mass is 16.7. The first kappa shape index (κ1) is 13.0. The topological polar surface area (TPSA) is 65.0 Å². The van der Waals surface area contributed by atoms with Crippen LogP contribution in [-0.4, -0.2) is 43.3 Å². The molecule has 1 N–H and O–H groups in total. The molecule has 5 heteroatoms. The van der Waals surface area contributed by atoms with Crippen molar-refractivity contribution in [3.8, 4) is 0 Å². The molecule has 0 aromatic heterocycles. The monoisotopic (exact) mass is 252 g/mol. The summed E-state index contributed by atoms with van der Waals surface area (Å²) < 4.78 is 15.4. The van der Waals surface area contributed by atoms with Crippen molar-refractivity contribution < 1.29 is 24.1 Å². The largest absolute Gasteiger partial charge is 0.459 e. The van der Waals surface area contributed by atoms with Crippen molar-refractivity contribution in [3.05, 3.63) is 35.9 Å². The Hall–Kier alpha value is -1.43. The van der Waals surface area contributed by atoms with Crippen LogP contribution in [0.25, 0.3) is 0 Å². The van der Waals surface area contributed by atoms with Crippen LogP contribution in [0.4, 0.5) is 0 Å². The molecule has 1 aliphatic rings. The number of hydrogen-bond donors (Lipinski definition) is 1. The van der Waals surface area contributed by atoms with Crippen LogP contribution in [0.1, 0.15) is 16.8 Å². The Labute approximate surface area is 105 Å². The van der Waals surface area contributed by atoms with Crippen molar-refractivity contribution in [2.75, 3.05) is 13.7 Å². The van der Waals surface area contributed by atoms with E-state index >= 15 is 0 Å². The van der Waals surface area contributed by atoms with Crippen molar-refractivity contribution in [1.29, 1.82) is 0 Å². The van der Waals surface area contributed by atoms with E-state index in [0.717, 1.165) is 0 Å². The number of methoxy groups -OCH3 is 1. The quantitative estimate of drug-likeness (QED) is 0.809. The lowest BCUT2D eigenvalue weighted by molar-refractivity contribution is -0.128. The fourth-order valence-corrected chi connectivity index (χ4v) is 1.81. The summed E-state index contributed by atoms with van der Waals surface area (Å²) in [6.07, 6.45) is -1.23. The van der Waals surface area contributed by atoms with E-state index in [2.05, 4.69) is 0 Å². The van der Waals surface area contributed by atoms with Gasteiger partial charge in [0, 0.05) is 13.5 Å². The van der Waals surface area contributed by atoms with Gasteiger partial charge in [-0.05, 0) is 12.1 Å². The highest BCUT2D eigenvalue weighted by molar-refractivity contribution is 5.89. The zero-order chi connectivity index (χ0) is 13.0. The highest BCUT2D eigenvalue weighted by Crippen LogP contribution is 2.21. The summed E-state index contributed by atoms with van der Waals surface area (Å²) in [6, 6.07) is 8.69. The molecule has 0 aliphatic carbocycles. The van der Waals surface area contributed by atoms with Crippen LogP contribution in [0.15, 0.2) is 30.3 Å². The zero-order valence-corrected chi connectivity index (χ0v) is 10.1. The van der Waals surface area contributed by atoms with Crippen LogP contribution in [0.2, 0.25) is 0 Å². The van der Waals surface area contributed by atoms with E-state index in [1.807, 2.05) is 6.07 Å². The predicted octanol–water partition coefficient (Wildman–Crippen LogP) is 0.966. The van der Waals surface area contributed by atoms with Crippen LogP contribution < -0.4 is 0 Å². The minimum absolute atomic E-state index is 0.0226. The molecule has 0 saturated carbocycles. The third-order valence-corrected chi connectivity index (χ3v) is 2.84. The highest BCUT2D eigenvalue weighted by Gasteiger charge is 2.34. The standard InChI is InChI=1S/C13H16O5/c1-16-12-7-10(14)11(18-12)8-17-13(15)9-5-3-2-4-6-9/h2-6,10-12,14H,7-8H2,1H3/t10?,11-,12+/m1/s1. The molecule has 18 heavy (non-hydrogen) atoms. The van der Waals surface area contributed by atoms with Gasteiger partial charge >= 0.3 is 5.97 Å². The van der Waals surface area contributed by atoms with Crippen molar-refractivity contribution >= 4 is 5.97 Å². The van der Waals surface area contributed by atoms with E-state index in [9.17, 15) is 9.90 Å². The Kier molecular flexibility index (Phi) is 4.30. The van der Waals surface area contributed by atoms with Crippen LogP contribution in [0.5, 0.6) is 0 Å². The predicted molar refractivity (Wildman–Crippen MR) is 63.0 cm³/mol. The summed E-state index contributed by atoms with van der Waals surface area (Å²) in [5, 5.41) is 9.68. The summed E-state index contributed by atoms with van der Waals surface area (Å²) in [6.45, 7) is 0.0226. The number of aliphatic hydroxyl groups is 1. The van der Waals surface area contributed by atoms with Crippen LogP contribution >= 0.6 is 0 Å². The Morgan fingerprint density at radius 1 is 1.44 bits per heavy atom. The van der Waals surface area contributed by atoms with Gasteiger partial charge in [-0.1, -0.05) is 18.2 Å². The molecule has 5 nitrogen and oxygen atoms in total. The van der Waals surface area contributed by atoms with Crippen molar-refractivity contribution in [2.24, 2.45) is 0 Å². The second-order valence-electron chi connectivity index (χ2n) is 4.11. The molecule has 98 valence electrons. The Morgan fingerprint density at radius 2 is 2.17 bits per heavy atom. The smallest absolute Gasteiger partial charge is 0.338 e. The van der Waals surface area contributed by atoms with Gasteiger partial charge in [-0.2, -0.15) is 0 Å². The molecule has 0 spiro atoms. The fourth-order valence-electron chi connectivity index (χ4n) is 1.81. The number of rotatable bonds is 4. The summed E-state index contributed by atoms with van der Waals surface area (Å²) in [5.74, 6) is -0.424. The number of ether oxygens (including phenoxy) is 3. The van der Waals surface area contributed by atoms with E-state index in [0.29, 0.717) is 12.0 Å². The maximum absolute atomic E-state index is 11.7. The van der Waals surface area contributed by atoms with Gasteiger partial charge in [-0.25, -0.2) is 4.79 Å². The molecule has 0 amide bonds. The molecule has 1 unspecified atom stereocenters. The van der Waals surface area contributed by atoms with E-state index in [1.165, 1.54) is 7.11 Å². The van der Waals surface area contributed by atoms with Crippen molar-refractivity contribution in [1.82, 2.24) is 0 Å². The second kappa shape index (κ2) is 5.95. The molecule has 2 rings (SSSR count). The van der Waals surface area contributed by atoms with Gasteiger partial charge in [-0.3, -0.25) is 0 Å². The number of carbonyl (C=O) groups is 1. The second-order valence-corrected chi connectivity index (χ2v) is 4.11. The summed E-state index contributed by atoms with van der Waals surface area (Å²) in [7, 11) is 1.51. The van der Waals surface area contributed by atoms with Gasteiger partial charge in [-0.15, -0.1) is 0 Å². The van der Waals surface area contributed by atoms with Gasteiger partial charge in [0.1, 0.15) is 12.7 Å². The van der Waals surface area contributed by atoms with Crippen LogP contribution in [0.3, 0.4) is 0 Å². The zero-order valence-electron chi connectivity index (χ0n) is 10.1. The van der Waals surface area contributed by atoms with E-state index < -0.39 is 24.5 Å². The molecular formula is C13H16O5. The molecule has 1 fully saturated rings. The lowest BCUT2D eigenvalue weighted by Gasteiger charge is -2.14. The summed E-state index contributed by atoms with van der Waals surface area (Å²) in [5.41, 5.74) is 0.480. The number of esters is 1. The fraction of sp³-hybridized carbons (Fsp3) is 0.462. The summed E-state index contributed by atoms with van der Waals surface area (Å²) >= 11 is 0. The van der Waals surface area contributed by atoms with Crippen molar-refractivity contribution in [2.45, 2.75) is 24.9 Å². The molecule has 1 saturated heterocycles. The Bertz CT molecular complexity index is 392. The van der Waals surface area contributed by atoms with Gasteiger partial charge in [0.25, 0.3) is 0 Å². The first-order valence-electron chi connectivity index (χ1n) is 5.79. The minimum atomic E-state index is -0.668. The van der Waals surface area contributed by atoms with Crippen LogP contribution in [-0.2, 0) is 14.2 Å².